The Morgan fingerprint density at radius 1 is 1.05 bits per heavy atom. The van der Waals surface area contributed by atoms with Crippen LogP contribution in [0, 0.1) is 0 Å². The van der Waals surface area contributed by atoms with Gasteiger partial charge in [-0.25, -0.2) is 4.98 Å². The molecule has 9 heteroatoms. The van der Waals surface area contributed by atoms with Crippen LogP contribution < -0.4 is 4.84 Å². The van der Waals surface area contributed by atoms with E-state index in [-0.39, 0.29) is 0 Å². The Bertz CT molecular complexity index is 913. The third-order valence-electron chi connectivity index (χ3n) is 2.78. The van der Waals surface area contributed by atoms with Gasteiger partial charge in [0.1, 0.15) is 16.6 Å². The Balaban J connectivity index is 1.76. The molecule has 4 rings (SSSR count). The molecular formula is C11H7N7O2. The van der Waals surface area contributed by atoms with Crippen molar-refractivity contribution < 1.29 is 10.0 Å². The number of hydrogen-bond donors (Lipinski definition) is 1. The minimum atomic E-state index is 0.488. The monoisotopic (exact) mass is 269 g/mol. The van der Waals surface area contributed by atoms with Gasteiger partial charge in [0.25, 0.3) is 0 Å². The summed E-state index contributed by atoms with van der Waals surface area (Å²) in [6.45, 7) is 0. The van der Waals surface area contributed by atoms with Crippen molar-refractivity contribution in [2.75, 3.05) is 0 Å². The largest absolute Gasteiger partial charge is 0.410 e. The van der Waals surface area contributed by atoms with Gasteiger partial charge in [-0.3, -0.25) is 0 Å². The fraction of sp³-hybridized carbons (Fsp3) is 0. The highest BCUT2D eigenvalue weighted by atomic mass is 16.7. The lowest BCUT2D eigenvalue weighted by Crippen LogP contribution is -2.07. The second-order valence-electron chi connectivity index (χ2n) is 4.03. The maximum absolute atomic E-state index is 9.37. The number of hydrogen-bond acceptors (Lipinski definition) is 7. The lowest BCUT2D eigenvalue weighted by Gasteiger charge is -2.03. The first-order valence-corrected chi connectivity index (χ1v) is 5.71. The lowest BCUT2D eigenvalue weighted by molar-refractivity contribution is 0.154. The van der Waals surface area contributed by atoms with E-state index in [1.54, 1.807) is 36.5 Å². The molecule has 3 aromatic heterocycles. The van der Waals surface area contributed by atoms with E-state index < -0.39 is 0 Å². The summed E-state index contributed by atoms with van der Waals surface area (Å²) in [6, 6.07) is 8.51. The van der Waals surface area contributed by atoms with Gasteiger partial charge in [-0.2, -0.15) is 0 Å². The fourth-order valence-corrected chi connectivity index (χ4v) is 1.86. The molecular weight excluding hydrogens is 262 g/mol. The van der Waals surface area contributed by atoms with Gasteiger partial charge in [0.2, 0.25) is 5.65 Å². The molecule has 0 aliphatic carbocycles. The Hall–Kier alpha value is -3.23. The van der Waals surface area contributed by atoms with Gasteiger partial charge in [0.05, 0.1) is 0 Å². The summed E-state index contributed by atoms with van der Waals surface area (Å²) in [5, 5.41) is 24.4. The SMILES string of the molecule is On1nnc2cc(On3nnc4ncccc43)ccc21. The van der Waals surface area contributed by atoms with Crippen molar-refractivity contribution in [1.29, 1.82) is 0 Å². The van der Waals surface area contributed by atoms with Crippen molar-refractivity contribution in [2.24, 2.45) is 0 Å². The van der Waals surface area contributed by atoms with E-state index in [4.69, 9.17) is 4.84 Å². The van der Waals surface area contributed by atoms with Gasteiger partial charge in [-0.15, -0.1) is 10.2 Å². The minimum Gasteiger partial charge on any atom is -0.410 e. The third kappa shape index (κ3) is 1.53. The Morgan fingerprint density at radius 3 is 2.95 bits per heavy atom. The normalized spacial score (nSPS) is 11.2. The lowest BCUT2D eigenvalue weighted by atomic mass is 10.3. The van der Waals surface area contributed by atoms with Crippen LogP contribution in [0.2, 0.25) is 0 Å². The zero-order chi connectivity index (χ0) is 13.5. The first kappa shape index (κ1) is 10.7. The zero-order valence-electron chi connectivity index (χ0n) is 9.95. The van der Waals surface area contributed by atoms with Crippen molar-refractivity contribution in [3.63, 3.8) is 0 Å². The van der Waals surface area contributed by atoms with Crippen molar-refractivity contribution in [3.8, 4) is 5.75 Å². The molecule has 9 nitrogen and oxygen atoms in total. The number of aromatic nitrogens is 7. The number of pyridine rings is 1. The predicted molar refractivity (Wildman–Crippen MR) is 66.1 cm³/mol. The number of fused-ring (bicyclic) bond motifs is 2. The maximum Gasteiger partial charge on any atom is 0.205 e. The molecule has 1 N–H and O–H groups in total. The molecule has 0 atom stereocenters. The van der Waals surface area contributed by atoms with E-state index in [0.29, 0.717) is 32.8 Å². The molecule has 4 aromatic rings. The van der Waals surface area contributed by atoms with Crippen LogP contribution in [0.4, 0.5) is 0 Å². The summed E-state index contributed by atoms with van der Waals surface area (Å²) in [4.78, 5) is 11.6. The molecule has 0 aliphatic heterocycles. The molecule has 0 saturated carbocycles. The van der Waals surface area contributed by atoms with Gasteiger partial charge >= 0.3 is 0 Å². The third-order valence-corrected chi connectivity index (χ3v) is 2.78. The van der Waals surface area contributed by atoms with Crippen LogP contribution in [0.5, 0.6) is 5.75 Å². The van der Waals surface area contributed by atoms with Crippen molar-refractivity contribution in [1.82, 2.24) is 35.3 Å². The number of nitrogens with zero attached hydrogens (tertiary/aromatic N) is 7. The van der Waals surface area contributed by atoms with E-state index >= 15 is 0 Å². The summed E-state index contributed by atoms with van der Waals surface area (Å²) in [5.74, 6) is 0.494. The van der Waals surface area contributed by atoms with Crippen LogP contribution in [0.15, 0.2) is 36.5 Å². The van der Waals surface area contributed by atoms with Crippen molar-refractivity contribution in [2.45, 2.75) is 0 Å². The molecule has 0 spiro atoms. The van der Waals surface area contributed by atoms with Crippen molar-refractivity contribution in [3.05, 3.63) is 36.5 Å². The van der Waals surface area contributed by atoms with E-state index in [1.807, 2.05) is 0 Å². The molecule has 0 amide bonds. The van der Waals surface area contributed by atoms with Gasteiger partial charge in [0, 0.05) is 12.3 Å². The van der Waals surface area contributed by atoms with E-state index in [0.717, 1.165) is 0 Å². The summed E-state index contributed by atoms with van der Waals surface area (Å²) in [6.07, 6.45) is 1.63. The maximum atomic E-state index is 9.37. The van der Waals surface area contributed by atoms with E-state index in [9.17, 15) is 5.21 Å². The smallest absolute Gasteiger partial charge is 0.205 e. The van der Waals surface area contributed by atoms with Gasteiger partial charge < -0.3 is 10.0 Å². The fourth-order valence-electron chi connectivity index (χ4n) is 1.86. The molecule has 0 saturated heterocycles. The molecule has 0 aliphatic rings. The molecule has 0 fully saturated rings. The van der Waals surface area contributed by atoms with Crippen LogP contribution >= 0.6 is 0 Å². The van der Waals surface area contributed by atoms with Gasteiger partial charge in [-0.05, 0) is 34.7 Å². The molecule has 20 heavy (non-hydrogen) atoms. The molecule has 1 aromatic carbocycles. The highest BCUT2D eigenvalue weighted by Gasteiger charge is 2.09. The molecule has 0 bridgehead atoms. The van der Waals surface area contributed by atoms with E-state index in [2.05, 4.69) is 25.6 Å². The summed E-state index contributed by atoms with van der Waals surface area (Å²) in [5.41, 5.74) is 2.14. The Morgan fingerprint density at radius 2 is 2.00 bits per heavy atom. The molecule has 0 unspecified atom stereocenters. The Labute approximate surface area is 110 Å². The highest BCUT2D eigenvalue weighted by Crippen LogP contribution is 2.19. The summed E-state index contributed by atoms with van der Waals surface area (Å²) in [7, 11) is 0. The van der Waals surface area contributed by atoms with Gasteiger partial charge in [-0.1, -0.05) is 9.69 Å². The number of benzene rings is 1. The van der Waals surface area contributed by atoms with Crippen LogP contribution in [0.25, 0.3) is 22.2 Å². The number of rotatable bonds is 2. The van der Waals surface area contributed by atoms with Crippen LogP contribution in [0.3, 0.4) is 0 Å². The Kier molecular flexibility index (Phi) is 2.07. The minimum absolute atomic E-state index is 0.488. The van der Waals surface area contributed by atoms with E-state index in [1.165, 1.54) is 4.85 Å². The standard InChI is InChI=1S/C11H7N7O2/c19-17-9-4-3-7(6-8(9)13-15-17)20-18-10-2-1-5-12-11(10)14-16-18/h1-6,19H. The first-order valence-electron chi connectivity index (χ1n) is 5.71. The average molecular weight is 269 g/mol. The van der Waals surface area contributed by atoms with Crippen molar-refractivity contribution >= 4 is 22.2 Å². The quantitative estimate of drug-likeness (QED) is 0.533. The molecule has 0 radical (unpaired) electrons. The second-order valence-corrected chi connectivity index (χ2v) is 4.03. The summed E-state index contributed by atoms with van der Waals surface area (Å²) < 4.78 is 0. The molecule has 98 valence electrons. The summed E-state index contributed by atoms with van der Waals surface area (Å²) >= 11 is 0. The predicted octanol–water partition coefficient (Wildman–Crippen LogP) is 0.650. The first-order chi connectivity index (χ1) is 9.81. The topological polar surface area (TPSA) is 104 Å². The van der Waals surface area contributed by atoms with Gasteiger partial charge in [0.15, 0.2) is 5.75 Å². The average Bonchev–Trinajstić information content (AvgIpc) is 3.04. The van der Waals surface area contributed by atoms with Crippen LogP contribution in [0.1, 0.15) is 0 Å². The molecule has 3 heterocycles. The zero-order valence-corrected chi connectivity index (χ0v) is 9.95. The van der Waals surface area contributed by atoms with Crippen LogP contribution in [-0.2, 0) is 0 Å². The highest BCUT2D eigenvalue weighted by molar-refractivity contribution is 5.75. The second kappa shape index (κ2) is 3.88. The van der Waals surface area contributed by atoms with Crippen LogP contribution in [-0.4, -0.2) is 40.5 Å².